The van der Waals surface area contributed by atoms with Crippen molar-refractivity contribution >= 4 is 27.3 Å². The van der Waals surface area contributed by atoms with Crippen LogP contribution in [0.4, 0.5) is 0 Å². The summed E-state index contributed by atoms with van der Waals surface area (Å²) in [5.41, 5.74) is 0. The van der Waals surface area contributed by atoms with Crippen molar-refractivity contribution in [1.82, 2.24) is 5.32 Å². The number of thiophene rings is 1. The zero-order valence-electron chi connectivity index (χ0n) is 10.4. The van der Waals surface area contributed by atoms with Crippen LogP contribution in [0.25, 0.3) is 0 Å². The molecule has 0 aliphatic rings. The van der Waals surface area contributed by atoms with Crippen molar-refractivity contribution in [2.24, 2.45) is 0 Å². The van der Waals surface area contributed by atoms with Gasteiger partial charge in [0.15, 0.2) is 0 Å². The van der Waals surface area contributed by atoms with Gasteiger partial charge < -0.3 is 14.5 Å². The van der Waals surface area contributed by atoms with Crippen LogP contribution in [0.5, 0.6) is 5.75 Å². The molecule has 1 unspecified atom stereocenters. The Morgan fingerprint density at radius 2 is 2.33 bits per heavy atom. The maximum Gasteiger partial charge on any atom is 0.140 e. The number of methoxy groups -OCH3 is 1. The smallest absolute Gasteiger partial charge is 0.140 e. The third-order valence-electron chi connectivity index (χ3n) is 2.64. The molecule has 0 saturated carbocycles. The quantitative estimate of drug-likeness (QED) is 0.862. The van der Waals surface area contributed by atoms with E-state index in [1.54, 1.807) is 24.7 Å². The summed E-state index contributed by atoms with van der Waals surface area (Å²) in [6, 6.07) is 3.93. The molecule has 2 rings (SSSR count). The molecule has 18 heavy (non-hydrogen) atoms. The van der Waals surface area contributed by atoms with Gasteiger partial charge in [-0.2, -0.15) is 0 Å². The van der Waals surface area contributed by atoms with Crippen LogP contribution in [0.3, 0.4) is 0 Å². The Balaban J connectivity index is 2.34. The maximum absolute atomic E-state index is 5.59. The van der Waals surface area contributed by atoms with E-state index in [1.807, 2.05) is 17.5 Å². The fraction of sp³-hybridized carbons (Fsp3) is 0.385. The number of rotatable bonds is 6. The highest BCUT2D eigenvalue weighted by atomic mass is 79.9. The number of hydrogen-bond acceptors (Lipinski definition) is 4. The summed E-state index contributed by atoms with van der Waals surface area (Å²) in [5, 5.41) is 5.53. The summed E-state index contributed by atoms with van der Waals surface area (Å²) < 4.78 is 12.0. The molecule has 2 aromatic rings. The fourth-order valence-corrected chi connectivity index (χ4v) is 3.16. The van der Waals surface area contributed by atoms with Crippen molar-refractivity contribution in [3.8, 4) is 5.75 Å². The number of nitrogens with one attached hydrogen (secondary N) is 1. The van der Waals surface area contributed by atoms with Gasteiger partial charge in [0.1, 0.15) is 17.6 Å². The molecule has 0 aliphatic heterocycles. The normalized spacial score (nSPS) is 12.6. The topological polar surface area (TPSA) is 34.4 Å². The molecule has 2 aromatic heterocycles. The number of hydrogen-bond donors (Lipinski definition) is 1. The Kier molecular flexibility index (Phi) is 4.86. The van der Waals surface area contributed by atoms with Crippen LogP contribution in [-0.4, -0.2) is 13.7 Å². The lowest BCUT2D eigenvalue weighted by Crippen LogP contribution is -2.22. The zero-order valence-corrected chi connectivity index (χ0v) is 12.8. The molecule has 98 valence electrons. The Morgan fingerprint density at radius 3 is 2.94 bits per heavy atom. The fourth-order valence-electron chi connectivity index (χ4n) is 1.79. The van der Waals surface area contributed by atoms with Crippen molar-refractivity contribution < 1.29 is 9.15 Å². The first-order valence-electron chi connectivity index (χ1n) is 5.85. The summed E-state index contributed by atoms with van der Waals surface area (Å²) >= 11 is 5.19. The first kappa shape index (κ1) is 13.6. The molecular formula is C13H16BrNO2S. The van der Waals surface area contributed by atoms with Crippen molar-refractivity contribution in [2.45, 2.75) is 19.4 Å². The zero-order chi connectivity index (χ0) is 13.0. The third kappa shape index (κ3) is 2.79. The lowest BCUT2D eigenvalue weighted by atomic mass is 10.1. The molecular weight excluding hydrogens is 314 g/mol. The van der Waals surface area contributed by atoms with Gasteiger partial charge >= 0.3 is 0 Å². The molecule has 0 spiro atoms. The van der Waals surface area contributed by atoms with Gasteiger partial charge in [0, 0.05) is 0 Å². The second-order valence-corrected chi connectivity index (χ2v) is 5.68. The second kappa shape index (κ2) is 6.41. The maximum atomic E-state index is 5.59. The van der Waals surface area contributed by atoms with Crippen LogP contribution in [0.2, 0.25) is 0 Å². The standard InChI is InChI=1S/C13H16BrNO2S/c1-3-6-15-11(12-9(14)4-7-17-12)13-10(16-2)5-8-18-13/h4-5,7-8,11,15H,3,6H2,1-2H3. The predicted molar refractivity (Wildman–Crippen MR) is 77.4 cm³/mol. The minimum atomic E-state index is 0.0317. The average molecular weight is 330 g/mol. The molecule has 3 nitrogen and oxygen atoms in total. The minimum Gasteiger partial charge on any atom is -0.496 e. The molecule has 5 heteroatoms. The minimum absolute atomic E-state index is 0.0317. The number of furan rings is 1. The van der Waals surface area contributed by atoms with Crippen LogP contribution in [0, 0.1) is 0 Å². The summed E-state index contributed by atoms with van der Waals surface area (Å²) in [6.45, 7) is 3.08. The summed E-state index contributed by atoms with van der Waals surface area (Å²) in [5.74, 6) is 1.79. The van der Waals surface area contributed by atoms with Gasteiger partial charge in [-0.3, -0.25) is 0 Å². The first-order valence-corrected chi connectivity index (χ1v) is 7.52. The monoisotopic (exact) mass is 329 g/mol. The van der Waals surface area contributed by atoms with E-state index in [-0.39, 0.29) is 6.04 Å². The Labute approximate surface area is 119 Å². The molecule has 0 aliphatic carbocycles. The molecule has 0 amide bonds. The molecule has 0 fully saturated rings. The Bertz CT molecular complexity index is 495. The molecule has 0 radical (unpaired) electrons. The van der Waals surface area contributed by atoms with Gasteiger partial charge in [0.05, 0.1) is 22.7 Å². The highest BCUT2D eigenvalue weighted by Crippen LogP contribution is 2.37. The van der Waals surface area contributed by atoms with Crippen molar-refractivity contribution in [1.29, 1.82) is 0 Å². The molecule has 0 aromatic carbocycles. The van der Waals surface area contributed by atoms with E-state index in [0.717, 1.165) is 33.8 Å². The number of ether oxygens (including phenoxy) is 1. The van der Waals surface area contributed by atoms with Crippen molar-refractivity contribution in [2.75, 3.05) is 13.7 Å². The largest absolute Gasteiger partial charge is 0.496 e. The van der Waals surface area contributed by atoms with Gasteiger partial charge in [-0.05, 0) is 46.4 Å². The molecule has 1 atom stereocenters. The second-order valence-electron chi connectivity index (χ2n) is 3.87. The first-order chi connectivity index (χ1) is 8.77. The van der Waals surface area contributed by atoms with E-state index in [4.69, 9.17) is 9.15 Å². The molecule has 0 saturated heterocycles. The number of halogens is 1. The average Bonchev–Trinajstić information content (AvgIpc) is 2.99. The van der Waals surface area contributed by atoms with Gasteiger partial charge in [0.25, 0.3) is 0 Å². The SMILES string of the molecule is CCCNC(c1occc1Br)c1sccc1OC. The summed E-state index contributed by atoms with van der Waals surface area (Å²) in [4.78, 5) is 1.14. The lowest BCUT2D eigenvalue weighted by molar-refractivity contribution is 0.396. The van der Waals surface area contributed by atoms with Gasteiger partial charge in [0.2, 0.25) is 0 Å². The van der Waals surface area contributed by atoms with Gasteiger partial charge in [-0.25, -0.2) is 0 Å². The van der Waals surface area contributed by atoms with E-state index >= 15 is 0 Å². The summed E-state index contributed by atoms with van der Waals surface area (Å²) in [7, 11) is 1.69. The molecule has 1 N–H and O–H groups in total. The van der Waals surface area contributed by atoms with Crippen LogP contribution >= 0.6 is 27.3 Å². The highest BCUT2D eigenvalue weighted by Gasteiger charge is 2.23. The third-order valence-corrected chi connectivity index (χ3v) is 4.26. The van der Waals surface area contributed by atoms with E-state index in [2.05, 4.69) is 28.2 Å². The van der Waals surface area contributed by atoms with Crippen LogP contribution in [0.15, 0.2) is 32.7 Å². The molecule has 2 heterocycles. The van der Waals surface area contributed by atoms with Crippen molar-refractivity contribution in [3.63, 3.8) is 0 Å². The summed E-state index contributed by atoms with van der Waals surface area (Å²) in [6.07, 6.45) is 2.77. The van der Waals surface area contributed by atoms with Gasteiger partial charge in [-0.15, -0.1) is 11.3 Å². The van der Waals surface area contributed by atoms with E-state index in [1.165, 1.54) is 0 Å². The van der Waals surface area contributed by atoms with Crippen LogP contribution < -0.4 is 10.1 Å². The highest BCUT2D eigenvalue weighted by molar-refractivity contribution is 9.10. The Morgan fingerprint density at radius 1 is 1.50 bits per heavy atom. The van der Waals surface area contributed by atoms with E-state index < -0.39 is 0 Å². The molecule has 0 bridgehead atoms. The van der Waals surface area contributed by atoms with E-state index in [0.29, 0.717) is 0 Å². The predicted octanol–water partition coefficient (Wildman–Crippen LogP) is 4.20. The Hall–Kier alpha value is -0.780. The van der Waals surface area contributed by atoms with Gasteiger partial charge in [-0.1, -0.05) is 6.92 Å². The lowest BCUT2D eigenvalue weighted by Gasteiger charge is -2.17. The van der Waals surface area contributed by atoms with Crippen LogP contribution in [-0.2, 0) is 0 Å². The van der Waals surface area contributed by atoms with Crippen molar-refractivity contribution in [3.05, 3.63) is 38.9 Å². The van der Waals surface area contributed by atoms with E-state index in [9.17, 15) is 0 Å². The van der Waals surface area contributed by atoms with Crippen LogP contribution in [0.1, 0.15) is 30.0 Å².